The van der Waals surface area contributed by atoms with Gasteiger partial charge >= 0.3 is 0 Å². The van der Waals surface area contributed by atoms with Gasteiger partial charge in [0.1, 0.15) is 17.5 Å². The second kappa shape index (κ2) is 8.33. The smallest absolute Gasteiger partial charge is 0.246 e. The van der Waals surface area contributed by atoms with Gasteiger partial charge in [-0.1, -0.05) is 24.3 Å². The van der Waals surface area contributed by atoms with Crippen molar-refractivity contribution in [1.29, 1.82) is 0 Å². The van der Waals surface area contributed by atoms with Crippen molar-refractivity contribution in [2.24, 2.45) is 0 Å². The molecule has 2 aromatic carbocycles. The van der Waals surface area contributed by atoms with E-state index in [9.17, 15) is 9.59 Å². The quantitative estimate of drug-likeness (QED) is 0.736. The first-order chi connectivity index (χ1) is 13.5. The number of nitrogens with one attached hydrogen (secondary N) is 2. The van der Waals surface area contributed by atoms with Crippen molar-refractivity contribution in [2.75, 3.05) is 20.8 Å². The van der Waals surface area contributed by atoms with Crippen molar-refractivity contribution < 1.29 is 19.1 Å². The average molecular weight is 382 g/mol. The average Bonchev–Trinajstić information content (AvgIpc) is 3.54. The minimum atomic E-state index is -0.784. The van der Waals surface area contributed by atoms with E-state index >= 15 is 0 Å². The van der Waals surface area contributed by atoms with Gasteiger partial charge in [0.05, 0.1) is 19.1 Å². The Morgan fingerprint density at radius 3 is 2.39 bits per heavy atom. The van der Waals surface area contributed by atoms with Crippen LogP contribution in [0.4, 0.5) is 0 Å². The molecule has 1 aliphatic rings. The van der Waals surface area contributed by atoms with Crippen molar-refractivity contribution in [2.45, 2.75) is 31.2 Å². The lowest BCUT2D eigenvalue weighted by atomic mass is 9.94. The van der Waals surface area contributed by atoms with E-state index in [-0.39, 0.29) is 11.8 Å². The van der Waals surface area contributed by atoms with Gasteiger partial charge in [0, 0.05) is 7.05 Å². The first-order valence-corrected chi connectivity index (χ1v) is 9.44. The van der Waals surface area contributed by atoms with Crippen molar-refractivity contribution in [1.82, 2.24) is 10.6 Å². The van der Waals surface area contributed by atoms with Crippen LogP contribution in [0.5, 0.6) is 11.5 Å². The van der Waals surface area contributed by atoms with Crippen molar-refractivity contribution in [3.05, 3.63) is 59.7 Å². The third-order valence-electron chi connectivity index (χ3n) is 5.11. The molecule has 2 N–H and O–H groups in total. The fourth-order valence-electron chi connectivity index (χ4n) is 3.34. The molecule has 3 rings (SSSR count). The molecule has 0 aromatic heterocycles. The van der Waals surface area contributed by atoms with Crippen LogP contribution in [-0.2, 0) is 15.0 Å². The summed E-state index contributed by atoms with van der Waals surface area (Å²) in [5.74, 6) is 0.993. The molecule has 6 heteroatoms. The number of methoxy groups -OCH3 is 1. The Morgan fingerprint density at radius 2 is 1.82 bits per heavy atom. The molecule has 2 amide bonds. The lowest BCUT2D eigenvalue weighted by Crippen LogP contribution is -2.43. The normalized spacial score (nSPS) is 15.2. The number of carbonyl (C=O) groups is 2. The number of benzene rings is 2. The zero-order valence-electron chi connectivity index (χ0n) is 16.5. The van der Waals surface area contributed by atoms with Crippen molar-refractivity contribution in [3.63, 3.8) is 0 Å². The van der Waals surface area contributed by atoms with Crippen molar-refractivity contribution in [3.8, 4) is 11.5 Å². The number of likely N-dealkylation sites (N-methyl/N-ethyl adjacent to an activating group) is 1. The standard InChI is InChI=1S/C22H26N2O4/c1-4-28-17-10-8-16(9-11-17)22(12-13-22)21(26)24-19(20(25)23-2)15-6-5-7-18(14-15)27-3/h5-11,14,19H,4,12-13H2,1-3H3,(H,23,25)(H,24,26). The van der Waals surface area contributed by atoms with E-state index in [1.807, 2.05) is 31.2 Å². The van der Waals surface area contributed by atoms with E-state index in [0.717, 1.165) is 24.2 Å². The van der Waals surface area contributed by atoms with Crippen LogP contribution in [-0.4, -0.2) is 32.6 Å². The molecule has 0 aliphatic heterocycles. The van der Waals surface area contributed by atoms with Gasteiger partial charge in [0.15, 0.2) is 0 Å². The zero-order chi connectivity index (χ0) is 20.1. The fourth-order valence-corrected chi connectivity index (χ4v) is 3.34. The molecule has 0 radical (unpaired) electrons. The first kappa shape index (κ1) is 19.7. The summed E-state index contributed by atoms with van der Waals surface area (Å²) in [5.41, 5.74) is 1.03. The highest BCUT2D eigenvalue weighted by Crippen LogP contribution is 2.49. The molecule has 0 bridgehead atoms. The predicted octanol–water partition coefficient (Wildman–Crippen LogP) is 2.73. The Kier molecular flexibility index (Phi) is 5.87. The summed E-state index contributed by atoms with van der Waals surface area (Å²) in [6.45, 7) is 2.53. The number of rotatable bonds is 8. The SMILES string of the molecule is CCOc1ccc(C2(C(=O)NC(C(=O)NC)c3cccc(OC)c3)CC2)cc1. The topological polar surface area (TPSA) is 76.7 Å². The van der Waals surface area contributed by atoms with Gasteiger partial charge in [-0.05, 0) is 55.2 Å². The minimum absolute atomic E-state index is 0.145. The highest BCUT2D eigenvalue weighted by molar-refractivity contribution is 5.95. The molecule has 2 aromatic rings. The Labute approximate surface area is 165 Å². The highest BCUT2D eigenvalue weighted by atomic mass is 16.5. The Bertz CT molecular complexity index is 844. The molecule has 28 heavy (non-hydrogen) atoms. The van der Waals surface area contributed by atoms with Crippen LogP contribution in [0.1, 0.15) is 36.9 Å². The molecule has 148 valence electrons. The maximum atomic E-state index is 13.1. The molecule has 1 aliphatic carbocycles. The van der Waals surface area contributed by atoms with Crippen molar-refractivity contribution >= 4 is 11.8 Å². The second-order valence-corrected chi connectivity index (χ2v) is 6.84. The largest absolute Gasteiger partial charge is 0.497 e. The number of amides is 2. The second-order valence-electron chi connectivity index (χ2n) is 6.84. The van der Waals surface area contributed by atoms with Crippen LogP contribution in [0.2, 0.25) is 0 Å². The summed E-state index contributed by atoms with van der Waals surface area (Å²) < 4.78 is 10.7. The van der Waals surface area contributed by atoms with E-state index in [1.54, 1.807) is 38.4 Å². The molecular weight excluding hydrogens is 356 g/mol. The van der Waals surface area contributed by atoms with Gasteiger partial charge < -0.3 is 20.1 Å². The number of hydrogen-bond acceptors (Lipinski definition) is 4. The number of hydrogen-bond donors (Lipinski definition) is 2. The Balaban J connectivity index is 1.82. The monoisotopic (exact) mass is 382 g/mol. The zero-order valence-corrected chi connectivity index (χ0v) is 16.5. The highest BCUT2D eigenvalue weighted by Gasteiger charge is 2.52. The molecule has 6 nitrogen and oxygen atoms in total. The van der Waals surface area contributed by atoms with E-state index in [0.29, 0.717) is 17.9 Å². The molecule has 0 spiro atoms. The van der Waals surface area contributed by atoms with Gasteiger partial charge in [-0.25, -0.2) is 0 Å². The number of carbonyl (C=O) groups excluding carboxylic acids is 2. The third-order valence-corrected chi connectivity index (χ3v) is 5.11. The fraction of sp³-hybridized carbons (Fsp3) is 0.364. The van der Waals surface area contributed by atoms with Crippen LogP contribution in [0, 0.1) is 0 Å². The van der Waals surface area contributed by atoms with Gasteiger partial charge in [-0.2, -0.15) is 0 Å². The van der Waals surface area contributed by atoms with Gasteiger partial charge in [0.2, 0.25) is 11.8 Å². The van der Waals surface area contributed by atoms with E-state index in [1.165, 1.54) is 0 Å². The molecular formula is C22H26N2O4. The summed E-state index contributed by atoms with van der Waals surface area (Å²) in [5, 5.41) is 5.57. The summed E-state index contributed by atoms with van der Waals surface area (Å²) >= 11 is 0. The molecule has 0 saturated heterocycles. The third kappa shape index (κ3) is 3.96. The molecule has 1 saturated carbocycles. The van der Waals surface area contributed by atoms with Crippen LogP contribution < -0.4 is 20.1 Å². The summed E-state index contributed by atoms with van der Waals surface area (Å²) in [7, 11) is 3.12. The van der Waals surface area contributed by atoms with Crippen LogP contribution in [0.15, 0.2) is 48.5 Å². The van der Waals surface area contributed by atoms with Gasteiger partial charge in [-0.15, -0.1) is 0 Å². The van der Waals surface area contributed by atoms with Crippen LogP contribution in [0.25, 0.3) is 0 Å². The summed E-state index contributed by atoms with van der Waals surface area (Å²) in [6.07, 6.45) is 1.51. The summed E-state index contributed by atoms with van der Waals surface area (Å²) in [6, 6.07) is 14.0. The molecule has 1 fully saturated rings. The first-order valence-electron chi connectivity index (χ1n) is 9.44. The van der Waals surface area contributed by atoms with Crippen LogP contribution in [0.3, 0.4) is 0 Å². The lowest BCUT2D eigenvalue weighted by Gasteiger charge is -2.22. The number of ether oxygens (including phenoxy) is 2. The lowest BCUT2D eigenvalue weighted by molar-refractivity contribution is -0.130. The predicted molar refractivity (Wildman–Crippen MR) is 106 cm³/mol. The molecule has 1 atom stereocenters. The molecule has 1 unspecified atom stereocenters. The maximum Gasteiger partial charge on any atom is 0.246 e. The minimum Gasteiger partial charge on any atom is -0.497 e. The van der Waals surface area contributed by atoms with Gasteiger partial charge in [-0.3, -0.25) is 9.59 Å². The van der Waals surface area contributed by atoms with Gasteiger partial charge in [0.25, 0.3) is 0 Å². The Morgan fingerprint density at radius 1 is 1.11 bits per heavy atom. The van der Waals surface area contributed by atoms with E-state index < -0.39 is 11.5 Å². The summed E-state index contributed by atoms with van der Waals surface area (Å²) in [4.78, 5) is 25.6. The van der Waals surface area contributed by atoms with E-state index in [2.05, 4.69) is 10.6 Å². The Hall–Kier alpha value is -3.02. The maximum absolute atomic E-state index is 13.1. The van der Waals surface area contributed by atoms with E-state index in [4.69, 9.17) is 9.47 Å². The van der Waals surface area contributed by atoms with Crippen LogP contribution >= 0.6 is 0 Å². The molecule has 0 heterocycles.